The van der Waals surface area contributed by atoms with Gasteiger partial charge in [-0.15, -0.1) is 0 Å². The molecule has 0 saturated heterocycles. The van der Waals surface area contributed by atoms with E-state index in [4.69, 9.17) is 0 Å². The second-order valence-corrected chi connectivity index (χ2v) is 7.17. The minimum Gasteiger partial charge on any atom is -0.350 e. The number of carbonyl (C=O) groups excluding carboxylic acids is 1. The van der Waals surface area contributed by atoms with Crippen molar-refractivity contribution in [2.75, 3.05) is 18.6 Å². The Morgan fingerprint density at radius 1 is 1.15 bits per heavy atom. The predicted octanol–water partition coefficient (Wildman–Crippen LogP) is 2.68. The van der Waals surface area contributed by atoms with Crippen molar-refractivity contribution >= 4 is 27.6 Å². The zero-order valence-corrected chi connectivity index (χ0v) is 14.6. The van der Waals surface area contributed by atoms with Crippen molar-refractivity contribution < 1.29 is 17.8 Å². The van der Waals surface area contributed by atoms with Crippen LogP contribution in [0.3, 0.4) is 0 Å². The molecular weight excluding hydrogens is 360 g/mol. The van der Waals surface area contributed by atoms with Crippen LogP contribution in [0.5, 0.6) is 0 Å². The van der Waals surface area contributed by atoms with Crippen LogP contribution in [0.4, 0.5) is 8.78 Å². The maximum Gasteiger partial charge on any atom is 0.269 e. The number of nitrogens with one attached hydrogen (secondary N) is 1. The molecule has 3 aromatic rings. The van der Waals surface area contributed by atoms with Crippen LogP contribution in [0.15, 0.2) is 42.7 Å². The van der Waals surface area contributed by atoms with E-state index in [0.717, 1.165) is 12.1 Å². The Labute approximate surface area is 150 Å². The van der Waals surface area contributed by atoms with E-state index in [9.17, 15) is 17.8 Å². The minimum absolute atomic E-state index is 0.148. The summed E-state index contributed by atoms with van der Waals surface area (Å²) in [5, 5.41) is 3.26. The van der Waals surface area contributed by atoms with Gasteiger partial charge in [-0.3, -0.25) is 14.0 Å². The zero-order valence-electron chi connectivity index (χ0n) is 13.8. The Morgan fingerprint density at radius 3 is 2.69 bits per heavy atom. The second-order valence-electron chi connectivity index (χ2n) is 5.61. The van der Waals surface area contributed by atoms with Gasteiger partial charge in [0, 0.05) is 64.3 Å². The number of hydrogen-bond acceptors (Lipinski definition) is 4. The Bertz CT molecular complexity index is 1010. The van der Waals surface area contributed by atoms with Crippen LogP contribution in [0.2, 0.25) is 0 Å². The highest BCUT2D eigenvalue weighted by molar-refractivity contribution is 7.84. The maximum atomic E-state index is 14.2. The Morgan fingerprint density at radius 2 is 1.96 bits per heavy atom. The molecule has 0 saturated carbocycles. The molecule has 0 aliphatic rings. The van der Waals surface area contributed by atoms with Crippen molar-refractivity contribution in [1.29, 1.82) is 0 Å². The van der Waals surface area contributed by atoms with Crippen LogP contribution in [0, 0.1) is 11.6 Å². The number of rotatable bonds is 5. The molecule has 1 unspecified atom stereocenters. The van der Waals surface area contributed by atoms with Crippen LogP contribution < -0.4 is 5.32 Å². The summed E-state index contributed by atoms with van der Waals surface area (Å²) in [6.45, 7) is 0.261. The fourth-order valence-corrected chi connectivity index (χ4v) is 2.86. The summed E-state index contributed by atoms with van der Waals surface area (Å²) < 4.78 is 38.4. The third-order valence-corrected chi connectivity index (χ3v) is 4.51. The highest BCUT2D eigenvalue weighted by atomic mass is 32.2. The third-order valence-electron chi connectivity index (χ3n) is 3.73. The van der Waals surface area contributed by atoms with E-state index in [0.29, 0.717) is 22.2 Å². The topological polar surface area (TPSA) is 72.0 Å². The number of fused-ring (bicyclic) bond motifs is 1. The summed E-state index contributed by atoms with van der Waals surface area (Å²) in [5.74, 6) is -1.49. The first-order valence-corrected chi connectivity index (χ1v) is 9.47. The zero-order chi connectivity index (χ0) is 18.7. The molecule has 26 heavy (non-hydrogen) atoms. The van der Waals surface area contributed by atoms with E-state index in [-0.39, 0.29) is 17.8 Å². The molecular formula is C18H15F2N3O2S. The number of halogens is 2. The van der Waals surface area contributed by atoms with Gasteiger partial charge in [0.1, 0.15) is 17.3 Å². The highest BCUT2D eigenvalue weighted by Crippen LogP contribution is 2.29. The molecule has 1 aromatic carbocycles. The first-order chi connectivity index (χ1) is 12.5. The van der Waals surface area contributed by atoms with E-state index in [1.165, 1.54) is 18.3 Å². The number of pyridine rings is 2. The summed E-state index contributed by atoms with van der Waals surface area (Å²) in [6.07, 6.45) is 4.53. The van der Waals surface area contributed by atoms with E-state index in [1.807, 2.05) is 0 Å². The molecule has 1 atom stereocenters. The number of benzene rings is 1. The van der Waals surface area contributed by atoms with Crippen molar-refractivity contribution in [3.05, 3.63) is 60.1 Å². The van der Waals surface area contributed by atoms with Crippen molar-refractivity contribution in [2.45, 2.75) is 0 Å². The van der Waals surface area contributed by atoms with Gasteiger partial charge in [-0.2, -0.15) is 0 Å². The maximum absolute atomic E-state index is 14.2. The van der Waals surface area contributed by atoms with E-state index < -0.39 is 28.3 Å². The molecule has 134 valence electrons. The van der Waals surface area contributed by atoms with E-state index in [2.05, 4.69) is 15.3 Å². The SMILES string of the molecule is CS(=O)CCNC(=O)c1ccc2cncc(-c3ccc(F)cc3F)c2n1. The Kier molecular flexibility index (Phi) is 5.32. The quantitative estimate of drug-likeness (QED) is 0.744. The van der Waals surface area contributed by atoms with Crippen molar-refractivity contribution in [3.8, 4) is 11.1 Å². The highest BCUT2D eigenvalue weighted by Gasteiger charge is 2.14. The number of amides is 1. The summed E-state index contributed by atoms with van der Waals surface area (Å²) in [5.41, 5.74) is 1.05. The second kappa shape index (κ2) is 7.65. The molecule has 3 rings (SSSR count). The van der Waals surface area contributed by atoms with E-state index >= 15 is 0 Å². The first kappa shape index (κ1) is 18.1. The number of hydrogen-bond donors (Lipinski definition) is 1. The van der Waals surface area contributed by atoms with Crippen LogP contribution in [-0.4, -0.2) is 38.6 Å². The van der Waals surface area contributed by atoms with Gasteiger partial charge in [-0.25, -0.2) is 13.8 Å². The lowest BCUT2D eigenvalue weighted by atomic mass is 10.0. The molecule has 1 N–H and O–H groups in total. The van der Waals surface area contributed by atoms with Gasteiger partial charge in [0.2, 0.25) is 0 Å². The smallest absolute Gasteiger partial charge is 0.269 e. The molecule has 2 aromatic heterocycles. The van der Waals surface area contributed by atoms with Crippen LogP contribution in [0.25, 0.3) is 22.0 Å². The molecule has 0 aliphatic heterocycles. The molecule has 0 radical (unpaired) electrons. The van der Waals surface area contributed by atoms with Gasteiger partial charge in [0.15, 0.2) is 0 Å². The molecule has 5 nitrogen and oxygen atoms in total. The number of nitrogens with zero attached hydrogens (tertiary/aromatic N) is 2. The van der Waals surface area contributed by atoms with Crippen LogP contribution >= 0.6 is 0 Å². The fourth-order valence-electron chi connectivity index (χ4n) is 2.47. The summed E-state index contributed by atoms with van der Waals surface area (Å²) >= 11 is 0. The van der Waals surface area contributed by atoms with Gasteiger partial charge in [0.25, 0.3) is 5.91 Å². The predicted molar refractivity (Wildman–Crippen MR) is 96.2 cm³/mol. The van der Waals surface area contributed by atoms with Crippen LogP contribution in [0.1, 0.15) is 10.5 Å². The Balaban J connectivity index is 2.00. The molecule has 1 amide bonds. The summed E-state index contributed by atoms with van der Waals surface area (Å²) in [4.78, 5) is 20.6. The molecule has 2 heterocycles. The molecule has 0 aliphatic carbocycles. The largest absolute Gasteiger partial charge is 0.350 e. The summed E-state index contributed by atoms with van der Waals surface area (Å²) in [7, 11) is -1.01. The number of carbonyl (C=O) groups is 1. The minimum atomic E-state index is -1.01. The van der Waals surface area contributed by atoms with Crippen molar-refractivity contribution in [1.82, 2.24) is 15.3 Å². The fraction of sp³-hybridized carbons (Fsp3) is 0.167. The molecule has 8 heteroatoms. The van der Waals surface area contributed by atoms with Crippen LogP contribution in [-0.2, 0) is 10.8 Å². The van der Waals surface area contributed by atoms with Gasteiger partial charge >= 0.3 is 0 Å². The van der Waals surface area contributed by atoms with Crippen molar-refractivity contribution in [3.63, 3.8) is 0 Å². The van der Waals surface area contributed by atoms with E-state index in [1.54, 1.807) is 18.5 Å². The lowest BCUT2D eigenvalue weighted by molar-refractivity contribution is 0.0951. The first-order valence-electron chi connectivity index (χ1n) is 7.74. The lowest BCUT2D eigenvalue weighted by Gasteiger charge is -2.09. The molecule has 0 spiro atoms. The lowest BCUT2D eigenvalue weighted by Crippen LogP contribution is -2.28. The molecule has 0 fully saturated rings. The average Bonchev–Trinajstić information content (AvgIpc) is 2.60. The van der Waals surface area contributed by atoms with Gasteiger partial charge in [-0.05, 0) is 24.3 Å². The normalized spacial score (nSPS) is 12.1. The van der Waals surface area contributed by atoms with Gasteiger partial charge < -0.3 is 5.32 Å². The number of aromatic nitrogens is 2. The summed E-state index contributed by atoms with van der Waals surface area (Å²) in [6, 6.07) is 6.45. The standard InChI is InChI=1S/C18H15F2N3O2S/c1-26(25)7-6-22-18(24)16-5-2-11-9-21-10-14(17(11)23-16)13-4-3-12(19)8-15(13)20/h2-5,8-10H,6-7H2,1H3,(H,22,24). The monoisotopic (exact) mass is 375 g/mol. The van der Waals surface area contributed by atoms with Crippen molar-refractivity contribution in [2.24, 2.45) is 0 Å². The van der Waals surface area contributed by atoms with Gasteiger partial charge in [0.05, 0.1) is 5.52 Å². The third kappa shape index (κ3) is 3.91. The average molecular weight is 375 g/mol. The van der Waals surface area contributed by atoms with Gasteiger partial charge in [-0.1, -0.05) is 0 Å². The Hall–Kier alpha value is -2.74. The molecule has 0 bridgehead atoms.